The zero-order valence-corrected chi connectivity index (χ0v) is 11.4. The molecule has 2 aromatic rings. The Morgan fingerprint density at radius 1 is 1.42 bits per heavy atom. The summed E-state index contributed by atoms with van der Waals surface area (Å²) in [6.45, 7) is 5.15. The van der Waals surface area contributed by atoms with Crippen molar-refractivity contribution in [2.75, 3.05) is 33.2 Å². The molecule has 1 fully saturated rings. The predicted molar refractivity (Wildman–Crippen MR) is 77.2 cm³/mol. The SMILES string of the molecule is CN1CCNCC1CNCc1coc2ccccc12. The molecule has 1 aromatic heterocycles. The Bertz CT molecular complexity index is 537. The summed E-state index contributed by atoms with van der Waals surface area (Å²) < 4.78 is 5.55. The molecule has 2 heterocycles. The maximum absolute atomic E-state index is 5.55. The number of fused-ring (bicyclic) bond motifs is 1. The molecule has 1 aromatic carbocycles. The average Bonchev–Trinajstić information content (AvgIpc) is 2.85. The Morgan fingerprint density at radius 2 is 2.32 bits per heavy atom. The van der Waals surface area contributed by atoms with E-state index in [1.807, 2.05) is 18.4 Å². The van der Waals surface area contributed by atoms with E-state index < -0.39 is 0 Å². The van der Waals surface area contributed by atoms with E-state index in [1.165, 1.54) is 10.9 Å². The van der Waals surface area contributed by atoms with Gasteiger partial charge >= 0.3 is 0 Å². The quantitative estimate of drug-likeness (QED) is 0.871. The van der Waals surface area contributed by atoms with Crippen LogP contribution in [0.15, 0.2) is 34.9 Å². The summed E-state index contributed by atoms with van der Waals surface area (Å²) in [5, 5.41) is 8.19. The van der Waals surface area contributed by atoms with E-state index in [4.69, 9.17) is 4.42 Å². The van der Waals surface area contributed by atoms with Crippen molar-refractivity contribution >= 4 is 11.0 Å². The summed E-state index contributed by atoms with van der Waals surface area (Å²) in [5.74, 6) is 0. The molecular formula is C15H21N3O. The summed E-state index contributed by atoms with van der Waals surface area (Å²) in [6, 6.07) is 8.76. The van der Waals surface area contributed by atoms with Crippen molar-refractivity contribution in [2.24, 2.45) is 0 Å². The van der Waals surface area contributed by atoms with Gasteiger partial charge in [-0.05, 0) is 13.1 Å². The van der Waals surface area contributed by atoms with Crippen molar-refractivity contribution < 1.29 is 4.42 Å². The molecule has 1 unspecified atom stereocenters. The molecule has 0 bridgehead atoms. The standard InChI is InChI=1S/C15H21N3O/c1-18-7-6-16-9-13(18)10-17-8-12-11-19-15-5-3-2-4-14(12)15/h2-5,11,13,16-17H,6-10H2,1H3. The molecule has 19 heavy (non-hydrogen) atoms. The van der Waals surface area contributed by atoms with Gasteiger partial charge < -0.3 is 15.1 Å². The van der Waals surface area contributed by atoms with E-state index >= 15 is 0 Å². The molecule has 2 N–H and O–H groups in total. The molecule has 102 valence electrons. The Balaban J connectivity index is 1.57. The van der Waals surface area contributed by atoms with Crippen molar-refractivity contribution in [2.45, 2.75) is 12.6 Å². The molecule has 0 radical (unpaired) electrons. The fourth-order valence-electron chi connectivity index (χ4n) is 2.63. The molecule has 1 aliphatic heterocycles. The molecule has 4 nitrogen and oxygen atoms in total. The Morgan fingerprint density at radius 3 is 3.21 bits per heavy atom. The van der Waals surface area contributed by atoms with Crippen molar-refractivity contribution in [1.29, 1.82) is 0 Å². The van der Waals surface area contributed by atoms with E-state index in [9.17, 15) is 0 Å². The second-order valence-corrected chi connectivity index (χ2v) is 5.23. The number of hydrogen-bond donors (Lipinski definition) is 2. The normalized spacial score (nSPS) is 21.0. The highest BCUT2D eigenvalue weighted by Gasteiger charge is 2.17. The lowest BCUT2D eigenvalue weighted by atomic mass is 10.1. The van der Waals surface area contributed by atoms with Gasteiger partial charge in [-0.3, -0.25) is 4.90 Å². The number of nitrogens with one attached hydrogen (secondary N) is 2. The summed E-state index contributed by atoms with van der Waals surface area (Å²) in [7, 11) is 2.19. The van der Waals surface area contributed by atoms with E-state index in [-0.39, 0.29) is 0 Å². The molecule has 4 heteroatoms. The van der Waals surface area contributed by atoms with Crippen LogP contribution >= 0.6 is 0 Å². The second kappa shape index (κ2) is 5.74. The molecule has 0 aliphatic carbocycles. The number of likely N-dealkylation sites (N-methyl/N-ethyl adjacent to an activating group) is 1. The maximum Gasteiger partial charge on any atom is 0.134 e. The van der Waals surface area contributed by atoms with Gasteiger partial charge in [-0.1, -0.05) is 18.2 Å². The number of benzene rings is 1. The van der Waals surface area contributed by atoms with Crippen LogP contribution in [0.1, 0.15) is 5.56 Å². The number of nitrogens with zero attached hydrogens (tertiary/aromatic N) is 1. The highest BCUT2D eigenvalue weighted by Crippen LogP contribution is 2.20. The monoisotopic (exact) mass is 259 g/mol. The molecule has 1 saturated heterocycles. The van der Waals surface area contributed by atoms with Gasteiger partial charge in [-0.15, -0.1) is 0 Å². The third kappa shape index (κ3) is 2.81. The average molecular weight is 259 g/mol. The van der Waals surface area contributed by atoms with Gasteiger partial charge in [0, 0.05) is 49.7 Å². The van der Waals surface area contributed by atoms with E-state index in [0.717, 1.165) is 38.3 Å². The van der Waals surface area contributed by atoms with Crippen LogP contribution in [-0.2, 0) is 6.54 Å². The molecular weight excluding hydrogens is 238 g/mol. The van der Waals surface area contributed by atoms with Crippen LogP contribution in [0, 0.1) is 0 Å². The van der Waals surface area contributed by atoms with Gasteiger partial charge in [0.05, 0.1) is 6.26 Å². The fourth-order valence-corrected chi connectivity index (χ4v) is 2.63. The van der Waals surface area contributed by atoms with Crippen molar-refractivity contribution in [3.63, 3.8) is 0 Å². The van der Waals surface area contributed by atoms with Crippen LogP contribution in [0.3, 0.4) is 0 Å². The molecule has 0 spiro atoms. The van der Waals surface area contributed by atoms with Crippen LogP contribution in [-0.4, -0.2) is 44.2 Å². The number of furan rings is 1. The predicted octanol–water partition coefficient (Wildman–Crippen LogP) is 1.43. The minimum atomic E-state index is 0.576. The minimum Gasteiger partial charge on any atom is -0.464 e. The zero-order valence-electron chi connectivity index (χ0n) is 11.4. The summed E-state index contributed by atoms with van der Waals surface area (Å²) >= 11 is 0. The van der Waals surface area contributed by atoms with Gasteiger partial charge in [-0.25, -0.2) is 0 Å². The Hall–Kier alpha value is -1.36. The van der Waals surface area contributed by atoms with Crippen molar-refractivity contribution in [3.8, 4) is 0 Å². The summed E-state index contributed by atoms with van der Waals surface area (Å²) in [5.41, 5.74) is 2.21. The van der Waals surface area contributed by atoms with Crippen LogP contribution in [0.25, 0.3) is 11.0 Å². The number of rotatable bonds is 4. The zero-order chi connectivity index (χ0) is 13.1. The summed E-state index contributed by atoms with van der Waals surface area (Å²) in [4.78, 5) is 2.41. The fraction of sp³-hybridized carbons (Fsp3) is 0.467. The number of hydrogen-bond acceptors (Lipinski definition) is 4. The Labute approximate surface area is 113 Å². The third-order valence-electron chi connectivity index (χ3n) is 3.90. The van der Waals surface area contributed by atoms with Crippen LogP contribution < -0.4 is 10.6 Å². The molecule has 0 amide bonds. The number of piperazine rings is 1. The van der Waals surface area contributed by atoms with Gasteiger partial charge in [0.25, 0.3) is 0 Å². The molecule has 1 atom stereocenters. The van der Waals surface area contributed by atoms with E-state index in [2.05, 4.69) is 34.7 Å². The first-order valence-corrected chi connectivity index (χ1v) is 6.91. The second-order valence-electron chi connectivity index (χ2n) is 5.23. The van der Waals surface area contributed by atoms with Crippen molar-refractivity contribution in [1.82, 2.24) is 15.5 Å². The van der Waals surface area contributed by atoms with Crippen LogP contribution in [0.5, 0.6) is 0 Å². The third-order valence-corrected chi connectivity index (χ3v) is 3.90. The minimum absolute atomic E-state index is 0.576. The first-order chi connectivity index (χ1) is 9.34. The largest absolute Gasteiger partial charge is 0.464 e. The van der Waals surface area contributed by atoms with Crippen LogP contribution in [0.2, 0.25) is 0 Å². The van der Waals surface area contributed by atoms with Crippen LogP contribution in [0.4, 0.5) is 0 Å². The van der Waals surface area contributed by atoms with Gasteiger partial charge in [0.2, 0.25) is 0 Å². The lowest BCUT2D eigenvalue weighted by molar-refractivity contribution is 0.195. The smallest absolute Gasteiger partial charge is 0.134 e. The Kier molecular flexibility index (Phi) is 3.82. The van der Waals surface area contributed by atoms with Gasteiger partial charge in [-0.2, -0.15) is 0 Å². The lowest BCUT2D eigenvalue weighted by Crippen LogP contribution is -2.53. The molecule has 0 saturated carbocycles. The van der Waals surface area contributed by atoms with E-state index in [1.54, 1.807) is 0 Å². The maximum atomic E-state index is 5.55. The summed E-state index contributed by atoms with van der Waals surface area (Å²) in [6.07, 6.45) is 1.86. The first kappa shape index (κ1) is 12.7. The highest BCUT2D eigenvalue weighted by atomic mass is 16.3. The van der Waals surface area contributed by atoms with Gasteiger partial charge in [0.15, 0.2) is 0 Å². The highest BCUT2D eigenvalue weighted by molar-refractivity contribution is 5.80. The van der Waals surface area contributed by atoms with Gasteiger partial charge in [0.1, 0.15) is 5.58 Å². The molecule has 3 rings (SSSR count). The number of para-hydroxylation sites is 1. The van der Waals surface area contributed by atoms with E-state index in [0.29, 0.717) is 6.04 Å². The topological polar surface area (TPSA) is 40.4 Å². The first-order valence-electron chi connectivity index (χ1n) is 6.91. The van der Waals surface area contributed by atoms with Crippen molar-refractivity contribution in [3.05, 3.63) is 36.1 Å². The lowest BCUT2D eigenvalue weighted by Gasteiger charge is -2.33. The molecule has 1 aliphatic rings.